The van der Waals surface area contributed by atoms with Gasteiger partial charge < -0.3 is 8.98 Å². The van der Waals surface area contributed by atoms with E-state index in [0.29, 0.717) is 6.04 Å². The Morgan fingerprint density at radius 2 is 2.26 bits per heavy atom. The predicted molar refractivity (Wildman–Crippen MR) is 76.1 cm³/mol. The van der Waals surface area contributed by atoms with E-state index in [-0.39, 0.29) is 0 Å². The zero-order chi connectivity index (χ0) is 13.1. The molecule has 1 unspecified atom stereocenters. The number of nitrogens with zero attached hydrogens (tertiary/aromatic N) is 2. The van der Waals surface area contributed by atoms with Gasteiger partial charge in [-0.1, -0.05) is 13.3 Å². The summed E-state index contributed by atoms with van der Waals surface area (Å²) in [6, 6.07) is 6.86. The maximum atomic E-state index is 5.32. The number of rotatable bonds is 4. The molecule has 1 aliphatic rings. The van der Waals surface area contributed by atoms with Gasteiger partial charge in [-0.25, -0.2) is 0 Å². The van der Waals surface area contributed by atoms with Crippen LogP contribution in [0, 0.1) is 0 Å². The van der Waals surface area contributed by atoms with E-state index >= 15 is 0 Å². The molecule has 0 amide bonds. The molecule has 0 spiro atoms. The lowest BCUT2D eigenvalue weighted by Crippen LogP contribution is -2.30. The van der Waals surface area contributed by atoms with E-state index < -0.39 is 0 Å². The molecule has 0 aromatic carbocycles. The van der Waals surface area contributed by atoms with Gasteiger partial charge in [-0.15, -0.1) is 0 Å². The maximum Gasteiger partial charge on any atom is 0.0954 e. The van der Waals surface area contributed by atoms with Gasteiger partial charge in [0.05, 0.1) is 18.6 Å². The fraction of sp³-hybridized carbons (Fsp3) is 0.500. The molecule has 0 N–H and O–H groups in total. The highest BCUT2D eigenvalue weighted by Crippen LogP contribution is 2.32. The molecular weight excluding hydrogens is 236 g/mol. The third kappa shape index (κ3) is 2.47. The summed E-state index contributed by atoms with van der Waals surface area (Å²) in [5.74, 6) is 0. The summed E-state index contributed by atoms with van der Waals surface area (Å²) in [6.45, 7) is 5.71. The van der Waals surface area contributed by atoms with Gasteiger partial charge in [0.25, 0.3) is 0 Å². The van der Waals surface area contributed by atoms with Crippen LogP contribution in [0.1, 0.15) is 43.5 Å². The van der Waals surface area contributed by atoms with Crippen molar-refractivity contribution in [3.05, 3.63) is 48.2 Å². The number of unbranched alkanes of at least 4 members (excludes halogenated alkanes) is 1. The minimum Gasteiger partial charge on any atom is -0.472 e. The first-order chi connectivity index (χ1) is 9.40. The minimum absolute atomic E-state index is 0.350. The minimum atomic E-state index is 0.350. The lowest BCUT2D eigenvalue weighted by atomic mass is 10.0. The van der Waals surface area contributed by atoms with Crippen molar-refractivity contribution in [1.82, 2.24) is 9.47 Å². The summed E-state index contributed by atoms with van der Waals surface area (Å²) < 4.78 is 7.71. The van der Waals surface area contributed by atoms with E-state index in [9.17, 15) is 0 Å². The van der Waals surface area contributed by atoms with Crippen molar-refractivity contribution in [3.8, 4) is 0 Å². The average Bonchev–Trinajstić information content (AvgIpc) is 3.06. The Hall–Kier alpha value is -1.48. The molecule has 2 aromatic heterocycles. The fourth-order valence-electron chi connectivity index (χ4n) is 3.05. The van der Waals surface area contributed by atoms with Crippen molar-refractivity contribution in [3.63, 3.8) is 0 Å². The van der Waals surface area contributed by atoms with Crippen LogP contribution in [0.3, 0.4) is 0 Å². The van der Waals surface area contributed by atoms with Crippen molar-refractivity contribution >= 4 is 0 Å². The zero-order valence-electron chi connectivity index (χ0n) is 11.6. The Morgan fingerprint density at radius 3 is 3.05 bits per heavy atom. The first-order valence-electron chi connectivity index (χ1n) is 7.31. The Labute approximate surface area is 114 Å². The second-order valence-corrected chi connectivity index (χ2v) is 5.33. The SMILES string of the molecule is CCCCN1CCCn2cccc2C1c1ccoc1. The highest BCUT2D eigenvalue weighted by atomic mass is 16.3. The molecule has 19 heavy (non-hydrogen) atoms. The molecule has 3 rings (SSSR count). The Morgan fingerprint density at radius 1 is 1.32 bits per heavy atom. The Bertz CT molecular complexity index is 501. The van der Waals surface area contributed by atoms with E-state index in [1.165, 1.54) is 30.5 Å². The first-order valence-corrected chi connectivity index (χ1v) is 7.31. The summed E-state index contributed by atoms with van der Waals surface area (Å²) in [5.41, 5.74) is 2.67. The zero-order valence-corrected chi connectivity index (χ0v) is 11.6. The maximum absolute atomic E-state index is 5.32. The summed E-state index contributed by atoms with van der Waals surface area (Å²) in [4.78, 5) is 2.60. The van der Waals surface area contributed by atoms with Crippen LogP contribution in [0.25, 0.3) is 0 Å². The molecule has 3 nitrogen and oxygen atoms in total. The van der Waals surface area contributed by atoms with E-state index in [4.69, 9.17) is 4.42 Å². The molecule has 0 bridgehead atoms. The predicted octanol–water partition coefficient (Wildman–Crippen LogP) is 3.68. The van der Waals surface area contributed by atoms with Crippen molar-refractivity contribution in [2.75, 3.05) is 13.1 Å². The molecule has 0 saturated heterocycles. The van der Waals surface area contributed by atoms with Crippen molar-refractivity contribution in [2.45, 2.75) is 38.8 Å². The second kappa shape index (κ2) is 5.66. The van der Waals surface area contributed by atoms with Gasteiger partial charge in [0.1, 0.15) is 0 Å². The number of aryl methyl sites for hydroxylation is 1. The van der Waals surface area contributed by atoms with Crippen LogP contribution in [0.4, 0.5) is 0 Å². The van der Waals surface area contributed by atoms with Gasteiger partial charge in [-0.2, -0.15) is 0 Å². The molecule has 1 aliphatic heterocycles. The molecule has 1 atom stereocenters. The van der Waals surface area contributed by atoms with Crippen LogP contribution >= 0.6 is 0 Å². The van der Waals surface area contributed by atoms with Crippen LogP contribution in [0.15, 0.2) is 41.3 Å². The number of hydrogen-bond acceptors (Lipinski definition) is 2. The molecule has 102 valence electrons. The molecule has 2 aromatic rings. The Kier molecular flexibility index (Phi) is 3.74. The molecule has 0 saturated carbocycles. The monoisotopic (exact) mass is 258 g/mol. The molecule has 0 aliphatic carbocycles. The largest absolute Gasteiger partial charge is 0.472 e. The lowest BCUT2D eigenvalue weighted by Gasteiger charge is -2.29. The summed E-state index contributed by atoms with van der Waals surface area (Å²) in [5, 5.41) is 0. The van der Waals surface area contributed by atoms with Gasteiger partial charge >= 0.3 is 0 Å². The highest BCUT2D eigenvalue weighted by Gasteiger charge is 2.27. The third-order valence-electron chi connectivity index (χ3n) is 4.01. The van der Waals surface area contributed by atoms with Crippen LogP contribution in [-0.4, -0.2) is 22.6 Å². The molecule has 3 heterocycles. The quantitative estimate of drug-likeness (QED) is 0.834. The van der Waals surface area contributed by atoms with E-state index in [0.717, 1.165) is 19.6 Å². The summed E-state index contributed by atoms with van der Waals surface area (Å²) >= 11 is 0. The average molecular weight is 258 g/mol. The lowest BCUT2D eigenvalue weighted by molar-refractivity contribution is 0.225. The van der Waals surface area contributed by atoms with Crippen LogP contribution in [0.5, 0.6) is 0 Å². The normalized spacial score (nSPS) is 20.2. The second-order valence-electron chi connectivity index (χ2n) is 5.33. The number of hydrogen-bond donors (Lipinski definition) is 0. The summed E-state index contributed by atoms with van der Waals surface area (Å²) in [6.07, 6.45) is 9.61. The molecule has 0 fully saturated rings. The number of aromatic nitrogens is 1. The summed E-state index contributed by atoms with van der Waals surface area (Å²) in [7, 11) is 0. The smallest absolute Gasteiger partial charge is 0.0954 e. The molecule has 0 radical (unpaired) electrons. The third-order valence-corrected chi connectivity index (χ3v) is 4.01. The van der Waals surface area contributed by atoms with Crippen LogP contribution in [0.2, 0.25) is 0 Å². The fourth-order valence-corrected chi connectivity index (χ4v) is 3.05. The van der Waals surface area contributed by atoms with Gasteiger partial charge in [0.15, 0.2) is 0 Å². The van der Waals surface area contributed by atoms with Crippen molar-refractivity contribution < 1.29 is 4.42 Å². The van der Waals surface area contributed by atoms with Crippen LogP contribution < -0.4 is 0 Å². The molecular formula is C16H22N2O. The Balaban J connectivity index is 1.95. The van der Waals surface area contributed by atoms with Crippen molar-refractivity contribution in [2.24, 2.45) is 0 Å². The van der Waals surface area contributed by atoms with Gasteiger partial charge in [-0.05, 0) is 37.6 Å². The first kappa shape index (κ1) is 12.5. The standard InChI is InChI=1S/C16H22N2O/c1-2-3-8-18-11-5-10-17-9-4-6-15(17)16(18)14-7-12-19-13-14/h4,6-7,9,12-13,16H,2-3,5,8,10-11H2,1H3. The number of fused-ring (bicyclic) bond motifs is 1. The van der Waals surface area contributed by atoms with Gasteiger partial charge in [0.2, 0.25) is 0 Å². The topological polar surface area (TPSA) is 21.3 Å². The van der Waals surface area contributed by atoms with Gasteiger partial charge in [0, 0.05) is 30.5 Å². The number of furan rings is 1. The van der Waals surface area contributed by atoms with E-state index in [1.807, 2.05) is 6.26 Å². The van der Waals surface area contributed by atoms with Crippen LogP contribution in [-0.2, 0) is 6.54 Å². The van der Waals surface area contributed by atoms with Gasteiger partial charge in [-0.3, -0.25) is 4.90 Å². The molecule has 3 heteroatoms. The van der Waals surface area contributed by atoms with E-state index in [1.54, 1.807) is 6.26 Å². The highest BCUT2D eigenvalue weighted by molar-refractivity contribution is 5.26. The van der Waals surface area contributed by atoms with Crippen molar-refractivity contribution in [1.29, 1.82) is 0 Å². The van der Waals surface area contributed by atoms with E-state index in [2.05, 4.69) is 40.8 Å².